The summed E-state index contributed by atoms with van der Waals surface area (Å²) in [5.41, 5.74) is -0.505. The highest BCUT2D eigenvalue weighted by Gasteiger charge is 2.31. The Morgan fingerprint density at radius 1 is 1.23 bits per heavy atom. The molecule has 2 rings (SSSR count). The molecule has 0 bridgehead atoms. The molecule has 1 N–H and O–H groups in total. The van der Waals surface area contributed by atoms with E-state index in [-0.39, 0.29) is 14.8 Å². The molecule has 0 unspecified atom stereocenters. The second kappa shape index (κ2) is 8.38. The van der Waals surface area contributed by atoms with Crippen molar-refractivity contribution in [2.75, 3.05) is 12.4 Å². The number of alkyl halides is 3. The summed E-state index contributed by atoms with van der Waals surface area (Å²) in [7, 11) is 1.46. The second-order valence-electron chi connectivity index (χ2n) is 4.86. The van der Waals surface area contributed by atoms with Gasteiger partial charge in [-0.3, -0.25) is 0 Å². The molecule has 0 heterocycles. The Bertz CT molecular complexity index is 876. The van der Waals surface area contributed by atoms with Gasteiger partial charge < -0.3 is 10.1 Å². The van der Waals surface area contributed by atoms with Gasteiger partial charge >= 0.3 is 6.18 Å². The van der Waals surface area contributed by atoms with E-state index < -0.39 is 17.6 Å². The Balaban J connectivity index is 2.34. The third-order valence-electron chi connectivity index (χ3n) is 3.15. The smallest absolute Gasteiger partial charge is 0.416 e. The van der Waals surface area contributed by atoms with Crippen molar-refractivity contribution in [3.8, 4) is 11.8 Å². The molecule has 3 nitrogen and oxygen atoms in total. The predicted molar refractivity (Wildman–Crippen MR) is 95.5 cm³/mol. The van der Waals surface area contributed by atoms with Gasteiger partial charge in [0.05, 0.1) is 23.4 Å². The molecule has 0 amide bonds. The number of thiol groups is 1. The lowest BCUT2D eigenvalue weighted by atomic mass is 10.2. The Kier molecular flexibility index (Phi) is 6.45. The number of benzene rings is 2. The fourth-order valence-corrected chi connectivity index (χ4v) is 3.00. The summed E-state index contributed by atoms with van der Waals surface area (Å²) in [6, 6.07) is 10.6. The first-order chi connectivity index (χ1) is 12.3. The molecule has 2 aromatic carbocycles. The normalized spacial score (nSPS) is 12.2. The fourth-order valence-electron chi connectivity index (χ4n) is 1.92. The number of halogens is 4. The zero-order chi connectivity index (χ0) is 19.3. The van der Waals surface area contributed by atoms with Gasteiger partial charge in [0.25, 0.3) is 0 Å². The molecule has 2 aromatic rings. The molecule has 0 aliphatic rings. The van der Waals surface area contributed by atoms with Crippen molar-refractivity contribution in [1.29, 1.82) is 5.26 Å². The number of anilines is 1. The fraction of sp³-hybridized carbons (Fsp3) is 0.118. The number of methoxy groups -OCH3 is 1. The van der Waals surface area contributed by atoms with Crippen molar-refractivity contribution in [2.24, 2.45) is 0 Å². The zero-order valence-electron chi connectivity index (χ0n) is 13.3. The molecular weight excluding hydrogens is 388 g/mol. The molecule has 9 heteroatoms. The van der Waals surface area contributed by atoms with Crippen LogP contribution in [0.25, 0.3) is 0 Å². The Hall–Kier alpha value is -2.31. The number of nitrogens with one attached hydrogen (secondary N) is 1. The van der Waals surface area contributed by atoms with Gasteiger partial charge in [0.2, 0.25) is 0 Å². The van der Waals surface area contributed by atoms with Gasteiger partial charge in [0.1, 0.15) is 22.5 Å². The molecule has 0 aromatic heterocycles. The molecule has 0 atom stereocenters. The minimum Gasteiger partial charge on any atom is -0.495 e. The van der Waals surface area contributed by atoms with Crippen LogP contribution in [0.3, 0.4) is 0 Å². The van der Waals surface area contributed by atoms with Crippen LogP contribution in [0.2, 0.25) is 0 Å². The third-order valence-corrected chi connectivity index (χ3v) is 4.67. The quantitative estimate of drug-likeness (QED) is 0.293. The predicted octanol–water partition coefficient (Wildman–Crippen LogP) is 5.68. The number of para-hydroxylation sites is 2. The van der Waals surface area contributed by atoms with Crippen LogP contribution in [0, 0.1) is 17.1 Å². The number of nitrogens with zero attached hydrogens (tertiary/aromatic N) is 1. The summed E-state index contributed by atoms with van der Waals surface area (Å²) in [6.45, 7) is 0. The number of thioether (sulfide) groups is 1. The topological polar surface area (TPSA) is 45.0 Å². The van der Waals surface area contributed by atoms with E-state index in [0.29, 0.717) is 41.4 Å². The number of nitriles is 1. The highest BCUT2D eigenvalue weighted by molar-refractivity contribution is 8.04. The maximum Gasteiger partial charge on any atom is 0.416 e. The molecular formula is C17H12F4N2OS2. The van der Waals surface area contributed by atoms with Crippen LogP contribution in [-0.4, -0.2) is 7.11 Å². The summed E-state index contributed by atoms with van der Waals surface area (Å²) < 4.78 is 57.4. The van der Waals surface area contributed by atoms with E-state index in [1.807, 2.05) is 6.07 Å². The molecule has 0 radical (unpaired) electrons. The molecule has 0 fully saturated rings. The third kappa shape index (κ3) is 4.86. The van der Waals surface area contributed by atoms with E-state index in [1.165, 1.54) is 7.11 Å². The zero-order valence-corrected chi connectivity index (χ0v) is 15.0. The van der Waals surface area contributed by atoms with E-state index in [0.717, 1.165) is 0 Å². The number of hydrogen-bond acceptors (Lipinski definition) is 5. The lowest BCUT2D eigenvalue weighted by Gasteiger charge is -2.13. The molecule has 26 heavy (non-hydrogen) atoms. The van der Waals surface area contributed by atoms with Gasteiger partial charge in [0.15, 0.2) is 0 Å². The van der Waals surface area contributed by atoms with Crippen LogP contribution >= 0.6 is 24.4 Å². The van der Waals surface area contributed by atoms with E-state index >= 15 is 0 Å². The SMILES string of the molecule is COc1ccccc1N/C(S)=C(\C#N)Sc1cc(C(F)(F)F)ccc1F. The van der Waals surface area contributed by atoms with E-state index in [1.54, 1.807) is 24.3 Å². The number of allylic oxidation sites excluding steroid dienone is 1. The number of hydrogen-bond donors (Lipinski definition) is 2. The van der Waals surface area contributed by atoms with Crippen molar-refractivity contribution in [3.05, 3.63) is 63.8 Å². The Morgan fingerprint density at radius 3 is 2.54 bits per heavy atom. The highest BCUT2D eigenvalue weighted by atomic mass is 32.2. The van der Waals surface area contributed by atoms with Gasteiger partial charge in [0, 0.05) is 4.90 Å². The van der Waals surface area contributed by atoms with E-state index in [9.17, 15) is 22.8 Å². The minimum atomic E-state index is -4.61. The summed E-state index contributed by atoms with van der Waals surface area (Å²) in [4.78, 5) is -0.429. The maximum atomic E-state index is 13.9. The van der Waals surface area contributed by atoms with Crippen LogP contribution in [0.15, 0.2) is 57.3 Å². The van der Waals surface area contributed by atoms with Crippen LogP contribution in [-0.2, 0) is 6.18 Å². The highest BCUT2D eigenvalue weighted by Crippen LogP contribution is 2.37. The molecule has 0 aliphatic heterocycles. The van der Waals surface area contributed by atoms with Crippen molar-refractivity contribution in [2.45, 2.75) is 11.1 Å². The van der Waals surface area contributed by atoms with Crippen LogP contribution in [0.5, 0.6) is 5.75 Å². The monoisotopic (exact) mass is 400 g/mol. The Labute approximate surface area is 157 Å². The Morgan fingerprint density at radius 2 is 1.92 bits per heavy atom. The molecule has 0 aliphatic carbocycles. The van der Waals surface area contributed by atoms with Gasteiger partial charge in [-0.25, -0.2) is 4.39 Å². The average molecular weight is 400 g/mol. The van der Waals surface area contributed by atoms with E-state index in [4.69, 9.17) is 4.74 Å². The number of rotatable bonds is 5. The van der Waals surface area contributed by atoms with Gasteiger partial charge in [-0.1, -0.05) is 23.9 Å². The first kappa shape index (κ1) is 20.0. The van der Waals surface area contributed by atoms with Crippen LogP contribution in [0.4, 0.5) is 23.2 Å². The van der Waals surface area contributed by atoms with Crippen molar-refractivity contribution in [3.63, 3.8) is 0 Å². The summed E-state index contributed by atoms with van der Waals surface area (Å²) in [5.74, 6) is -0.388. The van der Waals surface area contributed by atoms with Crippen LogP contribution in [0.1, 0.15) is 5.56 Å². The van der Waals surface area contributed by atoms with Gasteiger partial charge in [-0.2, -0.15) is 18.4 Å². The lowest BCUT2D eigenvalue weighted by Crippen LogP contribution is -2.05. The number of ether oxygens (including phenoxy) is 1. The maximum absolute atomic E-state index is 13.9. The average Bonchev–Trinajstić information content (AvgIpc) is 2.60. The van der Waals surface area contributed by atoms with E-state index in [2.05, 4.69) is 17.9 Å². The summed E-state index contributed by atoms with van der Waals surface area (Å²) in [6.07, 6.45) is -4.61. The standard InChI is InChI=1S/C17H12F4N2OS2/c1-24-13-5-3-2-4-12(13)23-16(25)15(9-22)26-14-8-10(17(19,20)21)6-7-11(14)18/h2-8,23,25H,1H3/b16-15-. The van der Waals surface area contributed by atoms with Crippen LogP contribution < -0.4 is 10.1 Å². The van der Waals surface area contributed by atoms with Crippen molar-refractivity contribution in [1.82, 2.24) is 0 Å². The largest absolute Gasteiger partial charge is 0.495 e. The van der Waals surface area contributed by atoms with Crippen molar-refractivity contribution >= 4 is 30.1 Å². The molecule has 0 saturated carbocycles. The first-order valence-electron chi connectivity index (χ1n) is 7.04. The molecule has 136 valence electrons. The van der Waals surface area contributed by atoms with Gasteiger partial charge in [-0.15, -0.1) is 12.6 Å². The second-order valence-corrected chi connectivity index (χ2v) is 6.36. The van der Waals surface area contributed by atoms with Gasteiger partial charge in [-0.05, 0) is 30.3 Å². The summed E-state index contributed by atoms with van der Waals surface area (Å²) in [5, 5.41) is 12.2. The first-order valence-corrected chi connectivity index (χ1v) is 8.30. The van der Waals surface area contributed by atoms with Crippen molar-refractivity contribution < 1.29 is 22.3 Å². The molecule has 0 spiro atoms. The lowest BCUT2D eigenvalue weighted by molar-refractivity contribution is -0.137. The molecule has 0 saturated heterocycles. The minimum absolute atomic E-state index is 0.0545. The summed E-state index contributed by atoms with van der Waals surface area (Å²) >= 11 is 4.73.